The van der Waals surface area contributed by atoms with Crippen molar-refractivity contribution in [1.82, 2.24) is 5.48 Å². The lowest BCUT2D eigenvalue weighted by Crippen LogP contribution is -2.29. The van der Waals surface area contributed by atoms with Crippen LogP contribution in [0.4, 0.5) is 0 Å². The van der Waals surface area contributed by atoms with E-state index in [1.165, 1.54) is 7.11 Å². The molecule has 0 aliphatic rings. The molecule has 0 spiro atoms. The first-order valence-corrected chi connectivity index (χ1v) is 5.09. The lowest BCUT2D eigenvalue weighted by molar-refractivity contribution is -0.136. The molecule has 0 heterocycles. The molecule has 1 amide bonds. The second kappa shape index (κ2) is 8.05. The van der Waals surface area contributed by atoms with Crippen molar-refractivity contribution < 1.29 is 9.63 Å². The van der Waals surface area contributed by atoms with Crippen LogP contribution in [0.15, 0.2) is 0 Å². The van der Waals surface area contributed by atoms with Gasteiger partial charge in [-0.3, -0.25) is 9.63 Å². The van der Waals surface area contributed by atoms with Gasteiger partial charge in [0.25, 0.3) is 0 Å². The molecule has 0 radical (unpaired) electrons. The molecular weight excluding hydrogens is 166 g/mol. The fraction of sp³-hybridized carbons (Fsp3) is 0.900. The molecule has 78 valence electrons. The van der Waals surface area contributed by atoms with E-state index in [4.69, 9.17) is 0 Å². The molecule has 0 rings (SSSR count). The minimum absolute atomic E-state index is 0.0257. The first kappa shape index (κ1) is 12.4. The molecule has 3 heteroatoms. The maximum atomic E-state index is 11.4. The van der Waals surface area contributed by atoms with Crippen LogP contribution >= 0.6 is 0 Å². The zero-order chi connectivity index (χ0) is 10.1. The number of hydrogen-bond donors (Lipinski definition) is 1. The molecule has 1 atom stereocenters. The Morgan fingerprint density at radius 3 is 2.46 bits per heavy atom. The van der Waals surface area contributed by atoms with Crippen molar-refractivity contribution in [2.24, 2.45) is 5.92 Å². The van der Waals surface area contributed by atoms with Crippen LogP contribution in [-0.4, -0.2) is 13.0 Å². The molecule has 1 N–H and O–H groups in total. The number of hydrogen-bond acceptors (Lipinski definition) is 2. The molecule has 0 aromatic carbocycles. The van der Waals surface area contributed by atoms with Gasteiger partial charge in [-0.15, -0.1) is 0 Å². The highest BCUT2D eigenvalue weighted by molar-refractivity contribution is 5.77. The molecule has 0 aliphatic carbocycles. The van der Waals surface area contributed by atoms with Gasteiger partial charge in [-0.05, 0) is 12.8 Å². The normalized spacial score (nSPS) is 12.5. The summed E-state index contributed by atoms with van der Waals surface area (Å²) >= 11 is 0. The standard InChI is InChI=1S/C10H21NO2/c1-4-6-8-9(7-5-2)10(12)11-13-3/h9H,4-8H2,1-3H3,(H,11,12). The fourth-order valence-corrected chi connectivity index (χ4v) is 1.39. The molecule has 13 heavy (non-hydrogen) atoms. The Labute approximate surface area is 80.8 Å². The van der Waals surface area contributed by atoms with E-state index in [2.05, 4.69) is 24.2 Å². The van der Waals surface area contributed by atoms with E-state index in [1.54, 1.807) is 0 Å². The summed E-state index contributed by atoms with van der Waals surface area (Å²) in [5.41, 5.74) is 2.40. The zero-order valence-electron chi connectivity index (χ0n) is 8.93. The third-order valence-corrected chi connectivity index (χ3v) is 2.12. The molecule has 0 bridgehead atoms. The van der Waals surface area contributed by atoms with Crippen LogP contribution in [0.25, 0.3) is 0 Å². The zero-order valence-corrected chi connectivity index (χ0v) is 8.93. The average Bonchev–Trinajstić information content (AvgIpc) is 2.12. The van der Waals surface area contributed by atoms with Gasteiger partial charge in [0.05, 0.1) is 7.11 Å². The maximum absolute atomic E-state index is 11.4. The van der Waals surface area contributed by atoms with E-state index in [1.807, 2.05) is 0 Å². The Morgan fingerprint density at radius 2 is 2.00 bits per heavy atom. The summed E-state index contributed by atoms with van der Waals surface area (Å²) in [7, 11) is 1.47. The predicted molar refractivity (Wildman–Crippen MR) is 53.1 cm³/mol. The smallest absolute Gasteiger partial charge is 0.246 e. The summed E-state index contributed by atoms with van der Waals surface area (Å²) in [6.45, 7) is 4.23. The highest BCUT2D eigenvalue weighted by Gasteiger charge is 2.16. The third kappa shape index (κ3) is 5.64. The molecule has 0 aromatic rings. The van der Waals surface area contributed by atoms with Crippen LogP contribution in [0.3, 0.4) is 0 Å². The van der Waals surface area contributed by atoms with Gasteiger partial charge in [0.1, 0.15) is 0 Å². The topological polar surface area (TPSA) is 38.3 Å². The van der Waals surface area contributed by atoms with Crippen molar-refractivity contribution in [2.45, 2.75) is 46.0 Å². The fourth-order valence-electron chi connectivity index (χ4n) is 1.39. The Kier molecular flexibility index (Phi) is 7.69. The molecular formula is C10H21NO2. The van der Waals surface area contributed by atoms with Crippen LogP contribution in [-0.2, 0) is 9.63 Å². The van der Waals surface area contributed by atoms with Crippen molar-refractivity contribution in [2.75, 3.05) is 7.11 Å². The Hall–Kier alpha value is -0.570. The number of carbonyl (C=O) groups is 1. The molecule has 0 aromatic heterocycles. The van der Waals surface area contributed by atoms with E-state index in [9.17, 15) is 4.79 Å². The molecule has 0 fully saturated rings. The number of unbranched alkanes of at least 4 members (excludes halogenated alkanes) is 1. The van der Waals surface area contributed by atoms with Gasteiger partial charge >= 0.3 is 0 Å². The summed E-state index contributed by atoms with van der Waals surface area (Å²) in [6.07, 6.45) is 5.22. The van der Waals surface area contributed by atoms with Crippen LogP contribution in [0, 0.1) is 5.92 Å². The first-order valence-electron chi connectivity index (χ1n) is 5.09. The van der Waals surface area contributed by atoms with E-state index < -0.39 is 0 Å². The van der Waals surface area contributed by atoms with Gasteiger partial charge in [0.2, 0.25) is 5.91 Å². The van der Waals surface area contributed by atoms with Crippen LogP contribution in [0.1, 0.15) is 46.0 Å². The summed E-state index contributed by atoms with van der Waals surface area (Å²) in [5, 5.41) is 0. The Morgan fingerprint density at radius 1 is 1.31 bits per heavy atom. The molecule has 0 aliphatic heterocycles. The molecule has 3 nitrogen and oxygen atoms in total. The number of carbonyl (C=O) groups excluding carboxylic acids is 1. The number of amides is 1. The molecule has 0 saturated carbocycles. The van der Waals surface area contributed by atoms with Crippen molar-refractivity contribution in [3.8, 4) is 0 Å². The van der Waals surface area contributed by atoms with Gasteiger partial charge in [-0.2, -0.15) is 0 Å². The summed E-state index contributed by atoms with van der Waals surface area (Å²) in [6, 6.07) is 0. The summed E-state index contributed by atoms with van der Waals surface area (Å²) in [5.74, 6) is 0.155. The van der Waals surface area contributed by atoms with Crippen LogP contribution < -0.4 is 5.48 Å². The van der Waals surface area contributed by atoms with E-state index in [0.29, 0.717) is 0 Å². The monoisotopic (exact) mass is 187 g/mol. The summed E-state index contributed by atoms with van der Waals surface area (Å²) in [4.78, 5) is 16.0. The van der Waals surface area contributed by atoms with Gasteiger partial charge in [0.15, 0.2) is 0 Å². The average molecular weight is 187 g/mol. The maximum Gasteiger partial charge on any atom is 0.246 e. The highest BCUT2D eigenvalue weighted by atomic mass is 16.6. The van der Waals surface area contributed by atoms with Gasteiger partial charge in [-0.1, -0.05) is 33.1 Å². The minimum atomic E-state index is 0.0257. The lowest BCUT2D eigenvalue weighted by Gasteiger charge is -2.14. The van der Waals surface area contributed by atoms with Crippen molar-refractivity contribution in [1.29, 1.82) is 0 Å². The molecule has 1 unspecified atom stereocenters. The lowest BCUT2D eigenvalue weighted by atomic mass is 9.97. The van der Waals surface area contributed by atoms with E-state index >= 15 is 0 Å². The van der Waals surface area contributed by atoms with E-state index in [0.717, 1.165) is 32.1 Å². The van der Waals surface area contributed by atoms with E-state index in [-0.39, 0.29) is 11.8 Å². The van der Waals surface area contributed by atoms with Crippen molar-refractivity contribution in [3.05, 3.63) is 0 Å². The van der Waals surface area contributed by atoms with Crippen molar-refractivity contribution in [3.63, 3.8) is 0 Å². The highest BCUT2D eigenvalue weighted by Crippen LogP contribution is 2.14. The van der Waals surface area contributed by atoms with Gasteiger partial charge in [0, 0.05) is 5.92 Å². The number of rotatable bonds is 7. The SMILES string of the molecule is CCCCC(CCC)C(=O)NOC. The largest absolute Gasteiger partial charge is 0.277 e. The number of nitrogens with one attached hydrogen (secondary N) is 1. The van der Waals surface area contributed by atoms with Gasteiger partial charge in [-0.25, -0.2) is 5.48 Å². The predicted octanol–water partition coefficient (Wildman–Crippen LogP) is 2.27. The Bertz CT molecular complexity index is 137. The molecule has 0 saturated heterocycles. The van der Waals surface area contributed by atoms with Gasteiger partial charge < -0.3 is 0 Å². The Balaban J connectivity index is 3.83. The second-order valence-electron chi connectivity index (χ2n) is 3.30. The third-order valence-electron chi connectivity index (χ3n) is 2.12. The van der Waals surface area contributed by atoms with Crippen LogP contribution in [0.5, 0.6) is 0 Å². The quantitative estimate of drug-likeness (QED) is 0.621. The second-order valence-corrected chi connectivity index (χ2v) is 3.30. The number of hydroxylamine groups is 1. The minimum Gasteiger partial charge on any atom is -0.277 e. The summed E-state index contributed by atoms with van der Waals surface area (Å²) < 4.78 is 0. The first-order chi connectivity index (χ1) is 6.26. The van der Waals surface area contributed by atoms with Crippen LogP contribution in [0.2, 0.25) is 0 Å². The van der Waals surface area contributed by atoms with Crippen molar-refractivity contribution >= 4 is 5.91 Å².